The molecule has 9 nitrogen and oxygen atoms in total. The monoisotopic (exact) mass is 832 g/mol. The molecule has 0 fully saturated rings. The Kier molecular flexibility index (Phi) is 12.2. The molecular weight excluding hydrogens is 781 g/mol. The van der Waals surface area contributed by atoms with E-state index in [1.165, 1.54) is 19.3 Å². The van der Waals surface area contributed by atoms with Crippen LogP contribution in [0.1, 0.15) is 54.9 Å². The van der Waals surface area contributed by atoms with Gasteiger partial charge in [0.1, 0.15) is 17.2 Å². The summed E-state index contributed by atoms with van der Waals surface area (Å²) >= 11 is 0. The number of methoxy groups -OCH3 is 3. The van der Waals surface area contributed by atoms with Crippen LogP contribution in [0.4, 0.5) is 5.69 Å². The second-order valence-electron chi connectivity index (χ2n) is 15.7. The molecule has 0 spiro atoms. The van der Waals surface area contributed by atoms with Crippen LogP contribution >= 0.6 is 0 Å². The van der Waals surface area contributed by atoms with Crippen LogP contribution in [0.3, 0.4) is 0 Å². The minimum absolute atomic E-state index is 0.768. The molecule has 5 heterocycles. The van der Waals surface area contributed by atoms with E-state index < -0.39 is 0 Å². The van der Waals surface area contributed by atoms with Gasteiger partial charge in [-0.3, -0.25) is 0 Å². The van der Waals surface area contributed by atoms with Gasteiger partial charge in [0, 0.05) is 56.6 Å². The van der Waals surface area contributed by atoms with E-state index >= 15 is 0 Å². The number of fused-ring (bicyclic) bond motifs is 8. The Morgan fingerprint density at radius 3 is 1.06 bits per heavy atom. The number of hydrogen-bond donors (Lipinski definition) is 4. The van der Waals surface area contributed by atoms with Gasteiger partial charge in [-0.2, -0.15) is 0 Å². The highest BCUT2D eigenvalue weighted by Crippen LogP contribution is 2.39. The highest BCUT2D eigenvalue weighted by molar-refractivity contribution is 6.00. The lowest BCUT2D eigenvalue weighted by molar-refractivity contribution is 0.415. The van der Waals surface area contributed by atoms with Crippen LogP contribution in [-0.2, 0) is 0 Å². The molecule has 0 aliphatic carbocycles. The summed E-state index contributed by atoms with van der Waals surface area (Å²) in [6.07, 6.45) is 14.3. The van der Waals surface area contributed by atoms with Crippen molar-refractivity contribution in [3.63, 3.8) is 0 Å². The van der Waals surface area contributed by atoms with Crippen molar-refractivity contribution in [1.29, 1.82) is 0 Å². The first kappa shape index (κ1) is 41.0. The maximum absolute atomic E-state index is 5.69. The fourth-order valence-corrected chi connectivity index (χ4v) is 8.48. The predicted molar refractivity (Wildman–Crippen MR) is 261 cm³/mol. The van der Waals surface area contributed by atoms with Gasteiger partial charge in [-0.1, -0.05) is 67.8 Å². The van der Waals surface area contributed by atoms with Gasteiger partial charge in [0.25, 0.3) is 0 Å². The highest BCUT2D eigenvalue weighted by atomic mass is 16.5. The molecule has 2 aliphatic heterocycles. The van der Waals surface area contributed by atoms with E-state index in [9.17, 15) is 0 Å². The Morgan fingerprint density at radius 1 is 0.413 bits per heavy atom. The SMILES string of the molecule is COc1ccc(-c2c3nc(c(-c4ccc(OC)cc4)c4ccc([nH]4)c(-c4ccc(OC)cc4)c4nc(c(-c5ccc(NCCCCCCCN)cc5)c5ccc2[nH]5)C=C4)C=C3)cc1. The van der Waals surface area contributed by atoms with Crippen LogP contribution in [0.25, 0.3) is 90.9 Å². The van der Waals surface area contributed by atoms with Gasteiger partial charge in [-0.05, 0) is 139 Å². The largest absolute Gasteiger partial charge is 0.497 e. The van der Waals surface area contributed by atoms with Crippen LogP contribution < -0.4 is 25.3 Å². The summed E-state index contributed by atoms with van der Waals surface area (Å²) in [5, 5.41) is 3.63. The van der Waals surface area contributed by atoms with Crippen molar-refractivity contribution < 1.29 is 14.2 Å². The number of H-pyrrole nitrogens is 2. The molecular formula is C54H52N6O3. The average Bonchev–Trinajstić information content (AvgIpc) is 4.18. The number of nitrogens with one attached hydrogen (secondary N) is 3. The molecule has 3 aromatic heterocycles. The zero-order valence-corrected chi connectivity index (χ0v) is 36.0. The van der Waals surface area contributed by atoms with Crippen molar-refractivity contribution in [2.45, 2.75) is 32.1 Å². The van der Waals surface area contributed by atoms with Gasteiger partial charge in [0.15, 0.2) is 0 Å². The van der Waals surface area contributed by atoms with Crippen molar-refractivity contribution in [3.05, 3.63) is 144 Å². The smallest absolute Gasteiger partial charge is 0.118 e. The molecule has 316 valence electrons. The fraction of sp³-hybridized carbons (Fsp3) is 0.185. The van der Waals surface area contributed by atoms with Gasteiger partial charge >= 0.3 is 0 Å². The first-order valence-corrected chi connectivity index (χ1v) is 21.7. The Hall–Kier alpha value is -7.36. The number of anilines is 1. The van der Waals surface area contributed by atoms with Gasteiger partial charge in [0.2, 0.25) is 0 Å². The average molecular weight is 833 g/mol. The fourth-order valence-electron chi connectivity index (χ4n) is 8.48. The van der Waals surface area contributed by atoms with E-state index in [2.05, 4.69) is 125 Å². The number of aromatic amines is 2. The van der Waals surface area contributed by atoms with Gasteiger partial charge in [-0.25, -0.2) is 9.97 Å². The molecule has 8 bridgehead atoms. The third-order valence-electron chi connectivity index (χ3n) is 11.8. The van der Waals surface area contributed by atoms with E-state index in [1.54, 1.807) is 21.3 Å². The second-order valence-corrected chi connectivity index (χ2v) is 15.7. The minimum atomic E-state index is 0.768. The van der Waals surface area contributed by atoms with E-state index in [0.29, 0.717) is 0 Å². The maximum atomic E-state index is 5.69. The molecule has 0 amide bonds. The second kappa shape index (κ2) is 18.7. The Labute approximate surface area is 368 Å². The van der Waals surface area contributed by atoms with Crippen molar-refractivity contribution in [1.82, 2.24) is 19.9 Å². The zero-order valence-electron chi connectivity index (χ0n) is 36.0. The lowest BCUT2D eigenvalue weighted by Gasteiger charge is -2.09. The summed E-state index contributed by atoms with van der Waals surface area (Å²) in [5.41, 5.74) is 21.8. The molecule has 63 heavy (non-hydrogen) atoms. The molecule has 0 saturated carbocycles. The number of ether oxygens (including phenoxy) is 3. The summed E-state index contributed by atoms with van der Waals surface area (Å²) < 4.78 is 16.7. The Morgan fingerprint density at radius 2 is 0.730 bits per heavy atom. The Bertz CT molecular complexity index is 2900. The standard InChI is InChI=1S/C54H52N6O3/c1-61-40-19-11-36(12-20-40)52-45-27-25-43(57-45)51(35-9-17-39(18-10-35)56-34-8-6-4-5-7-33-55)44-26-28-46(58-44)53(37-13-21-41(62-2)22-14-37)48-30-32-50(60-48)54(49-31-29-47(52)59-49)38-15-23-42(63-3)24-16-38/h9-32,56-57,60H,4-8,33-34,55H2,1-3H3. The van der Waals surface area contributed by atoms with Crippen molar-refractivity contribution in [3.8, 4) is 61.8 Å². The van der Waals surface area contributed by atoms with E-state index in [0.717, 1.165) is 138 Å². The van der Waals surface area contributed by atoms with E-state index in [1.807, 2.05) is 36.4 Å². The topological polar surface area (TPSA) is 123 Å². The summed E-state index contributed by atoms with van der Waals surface area (Å²) in [5.74, 6) is 2.35. The zero-order chi connectivity index (χ0) is 43.1. The van der Waals surface area contributed by atoms with Crippen LogP contribution in [0, 0.1) is 0 Å². The molecule has 9 heteroatoms. The number of nitrogens with zero attached hydrogens (tertiary/aromatic N) is 2. The van der Waals surface area contributed by atoms with Crippen molar-refractivity contribution >= 4 is 52.1 Å². The van der Waals surface area contributed by atoms with E-state index in [-0.39, 0.29) is 0 Å². The van der Waals surface area contributed by atoms with Crippen molar-refractivity contribution in [2.75, 3.05) is 39.7 Å². The lowest BCUT2D eigenvalue weighted by atomic mass is 10.0. The molecule has 0 atom stereocenters. The minimum Gasteiger partial charge on any atom is -0.497 e. The molecule has 4 aromatic carbocycles. The van der Waals surface area contributed by atoms with Crippen LogP contribution in [0.15, 0.2) is 121 Å². The first-order chi connectivity index (χ1) is 31.0. The third kappa shape index (κ3) is 8.74. The van der Waals surface area contributed by atoms with Gasteiger partial charge in [-0.15, -0.1) is 0 Å². The molecule has 0 saturated heterocycles. The number of aromatic nitrogens is 4. The number of hydrogen-bond acceptors (Lipinski definition) is 7. The van der Waals surface area contributed by atoms with Gasteiger partial charge in [0.05, 0.1) is 44.1 Å². The quantitative estimate of drug-likeness (QED) is 0.0759. The highest BCUT2D eigenvalue weighted by Gasteiger charge is 2.19. The normalized spacial score (nSPS) is 11.8. The molecule has 0 radical (unpaired) electrons. The number of benzene rings is 4. The molecule has 9 rings (SSSR count). The number of rotatable bonds is 15. The summed E-state index contributed by atoms with van der Waals surface area (Å²) in [7, 11) is 5.06. The number of unbranched alkanes of at least 4 members (excludes halogenated alkanes) is 4. The molecule has 0 unspecified atom stereocenters. The number of nitrogens with two attached hydrogens (primary N) is 1. The summed E-state index contributed by atoms with van der Waals surface area (Å²) in [4.78, 5) is 18.6. The lowest BCUT2D eigenvalue weighted by Crippen LogP contribution is -2.02. The summed E-state index contributed by atoms with van der Waals surface area (Å²) in [6, 6.07) is 41.7. The van der Waals surface area contributed by atoms with Gasteiger partial charge < -0.3 is 35.2 Å². The summed E-state index contributed by atoms with van der Waals surface area (Å²) in [6.45, 7) is 1.70. The molecule has 5 N–H and O–H groups in total. The third-order valence-corrected chi connectivity index (χ3v) is 11.8. The molecule has 2 aliphatic rings. The van der Waals surface area contributed by atoms with Crippen LogP contribution in [-0.4, -0.2) is 54.4 Å². The maximum Gasteiger partial charge on any atom is 0.118 e. The Balaban J connectivity index is 1.30. The van der Waals surface area contributed by atoms with Crippen molar-refractivity contribution in [2.24, 2.45) is 5.73 Å². The molecule has 7 aromatic rings. The van der Waals surface area contributed by atoms with Crippen LogP contribution in [0.2, 0.25) is 0 Å². The van der Waals surface area contributed by atoms with E-state index in [4.69, 9.17) is 29.9 Å². The van der Waals surface area contributed by atoms with Crippen LogP contribution in [0.5, 0.6) is 17.2 Å². The predicted octanol–water partition coefficient (Wildman–Crippen LogP) is 12.7. The first-order valence-electron chi connectivity index (χ1n) is 21.7.